The van der Waals surface area contributed by atoms with E-state index in [1.807, 2.05) is 18.2 Å². The molecule has 0 radical (unpaired) electrons. The van der Waals surface area contributed by atoms with Gasteiger partial charge in [-0.25, -0.2) is 8.78 Å². The Hall–Kier alpha value is -1.93. The van der Waals surface area contributed by atoms with Crippen LogP contribution in [-0.2, 0) is 6.42 Å². The minimum atomic E-state index is -0.533. The fourth-order valence-electron chi connectivity index (χ4n) is 5.25. The van der Waals surface area contributed by atoms with Gasteiger partial charge in [0.2, 0.25) is 0 Å². The first-order chi connectivity index (χ1) is 15.5. The zero-order valence-corrected chi connectivity index (χ0v) is 19.7. The summed E-state index contributed by atoms with van der Waals surface area (Å²) in [4.78, 5) is 0. The lowest BCUT2D eigenvalue weighted by molar-refractivity contribution is 0.249. The van der Waals surface area contributed by atoms with E-state index in [0.717, 1.165) is 23.6 Å². The first-order valence-corrected chi connectivity index (χ1v) is 12.6. The van der Waals surface area contributed by atoms with E-state index in [-0.39, 0.29) is 10.8 Å². The fraction of sp³-hybridized carbons (Fsp3) is 0.448. The molecule has 1 aliphatic rings. The lowest BCUT2D eigenvalue weighted by Gasteiger charge is -2.28. The van der Waals surface area contributed by atoms with Gasteiger partial charge < -0.3 is 0 Å². The van der Waals surface area contributed by atoms with E-state index >= 15 is 4.39 Å². The normalized spacial score (nSPS) is 18.9. The number of fused-ring (bicyclic) bond motifs is 1. The monoisotopic (exact) mass is 454 g/mol. The minimum absolute atomic E-state index is 0.0459. The summed E-state index contributed by atoms with van der Waals surface area (Å²) in [5.74, 6) is 0.933. The number of benzene rings is 3. The van der Waals surface area contributed by atoms with Crippen molar-refractivity contribution in [2.75, 3.05) is 0 Å². The van der Waals surface area contributed by atoms with Crippen LogP contribution in [0.4, 0.5) is 8.78 Å². The Morgan fingerprint density at radius 1 is 0.844 bits per heavy atom. The smallest absolute Gasteiger partial charge is 0.142 e. The van der Waals surface area contributed by atoms with E-state index in [4.69, 9.17) is 11.6 Å². The largest absolute Gasteiger partial charge is 0.206 e. The van der Waals surface area contributed by atoms with Crippen LogP contribution in [0.1, 0.15) is 70.3 Å². The summed E-state index contributed by atoms with van der Waals surface area (Å²) >= 11 is 5.77. The van der Waals surface area contributed by atoms with Crippen molar-refractivity contribution in [1.82, 2.24) is 0 Å². The molecule has 0 saturated heterocycles. The van der Waals surface area contributed by atoms with Crippen molar-refractivity contribution in [2.24, 2.45) is 11.8 Å². The minimum Gasteiger partial charge on any atom is -0.206 e. The first-order valence-electron chi connectivity index (χ1n) is 12.2. The molecule has 3 aromatic rings. The van der Waals surface area contributed by atoms with E-state index in [1.54, 1.807) is 12.1 Å². The maximum atomic E-state index is 15.2. The van der Waals surface area contributed by atoms with Crippen LogP contribution in [0.25, 0.3) is 21.9 Å². The van der Waals surface area contributed by atoms with Gasteiger partial charge in [-0.3, -0.25) is 0 Å². The van der Waals surface area contributed by atoms with Gasteiger partial charge in [0, 0.05) is 10.9 Å². The molecule has 0 spiro atoms. The summed E-state index contributed by atoms with van der Waals surface area (Å²) in [6.45, 7) is 2.28. The van der Waals surface area contributed by atoms with Gasteiger partial charge in [0.1, 0.15) is 11.6 Å². The Kier molecular flexibility index (Phi) is 7.84. The predicted molar refractivity (Wildman–Crippen MR) is 132 cm³/mol. The molecule has 3 aromatic carbocycles. The van der Waals surface area contributed by atoms with Crippen LogP contribution in [0.5, 0.6) is 0 Å². The van der Waals surface area contributed by atoms with E-state index in [0.29, 0.717) is 16.5 Å². The molecule has 1 saturated carbocycles. The molecule has 0 amide bonds. The first kappa shape index (κ1) is 23.2. The van der Waals surface area contributed by atoms with E-state index in [9.17, 15) is 4.39 Å². The molecule has 0 N–H and O–H groups in total. The zero-order chi connectivity index (χ0) is 22.5. The molecule has 0 aliphatic heterocycles. The van der Waals surface area contributed by atoms with Gasteiger partial charge in [0.15, 0.2) is 0 Å². The van der Waals surface area contributed by atoms with Gasteiger partial charge in [0.25, 0.3) is 0 Å². The van der Waals surface area contributed by atoms with Gasteiger partial charge in [-0.2, -0.15) is 0 Å². The van der Waals surface area contributed by atoms with E-state index in [2.05, 4.69) is 13.0 Å². The molecule has 170 valence electrons. The van der Waals surface area contributed by atoms with Gasteiger partial charge in [-0.15, -0.1) is 0 Å². The second kappa shape index (κ2) is 10.8. The molecule has 0 heterocycles. The molecular weight excluding hydrogens is 422 g/mol. The maximum Gasteiger partial charge on any atom is 0.142 e. The van der Waals surface area contributed by atoms with Crippen LogP contribution in [0, 0.1) is 23.5 Å². The van der Waals surface area contributed by atoms with Crippen molar-refractivity contribution >= 4 is 22.4 Å². The quantitative estimate of drug-likeness (QED) is 0.297. The summed E-state index contributed by atoms with van der Waals surface area (Å²) in [6.07, 6.45) is 13.3. The van der Waals surface area contributed by atoms with Crippen LogP contribution in [-0.4, -0.2) is 0 Å². The highest BCUT2D eigenvalue weighted by molar-refractivity contribution is 6.30. The molecular formula is C29H33ClF2. The Balaban J connectivity index is 1.38. The fourth-order valence-corrected chi connectivity index (χ4v) is 5.36. The Morgan fingerprint density at radius 3 is 2.31 bits per heavy atom. The molecule has 0 nitrogen and oxygen atoms in total. The maximum absolute atomic E-state index is 15.2. The number of hydrogen-bond donors (Lipinski definition) is 0. The third-order valence-electron chi connectivity index (χ3n) is 7.27. The lowest BCUT2D eigenvalue weighted by Crippen LogP contribution is -2.15. The highest BCUT2D eigenvalue weighted by atomic mass is 35.5. The van der Waals surface area contributed by atoms with Crippen LogP contribution in [0.3, 0.4) is 0 Å². The molecule has 3 heteroatoms. The van der Waals surface area contributed by atoms with Crippen LogP contribution in [0.15, 0.2) is 48.5 Å². The molecule has 1 fully saturated rings. The summed E-state index contributed by atoms with van der Waals surface area (Å²) in [5, 5.41) is 1.52. The van der Waals surface area contributed by atoms with E-state index < -0.39 is 5.82 Å². The molecule has 32 heavy (non-hydrogen) atoms. The highest BCUT2D eigenvalue weighted by Gasteiger charge is 2.20. The Labute approximate surface area is 196 Å². The molecule has 0 aromatic heterocycles. The number of rotatable bonds is 8. The predicted octanol–water partition coefficient (Wildman–Crippen LogP) is 9.76. The Morgan fingerprint density at radius 2 is 1.59 bits per heavy atom. The summed E-state index contributed by atoms with van der Waals surface area (Å²) in [6, 6.07) is 14.1. The zero-order valence-electron chi connectivity index (χ0n) is 19.0. The summed E-state index contributed by atoms with van der Waals surface area (Å²) in [5.41, 5.74) is 2.17. The second-order valence-electron chi connectivity index (χ2n) is 9.53. The Bertz CT molecular complexity index is 1050. The van der Waals surface area contributed by atoms with Crippen molar-refractivity contribution < 1.29 is 8.78 Å². The van der Waals surface area contributed by atoms with Gasteiger partial charge in [-0.05, 0) is 53.3 Å². The molecule has 4 rings (SSSR count). The molecule has 0 bridgehead atoms. The number of halogens is 3. The van der Waals surface area contributed by atoms with Crippen molar-refractivity contribution in [3.8, 4) is 11.1 Å². The van der Waals surface area contributed by atoms with Gasteiger partial charge in [-0.1, -0.05) is 106 Å². The van der Waals surface area contributed by atoms with Gasteiger partial charge >= 0.3 is 0 Å². The SMILES string of the molecule is CCCCC[C@H]1CC[C@H](CCc2ccc3c(F)c(-c4ccc(Cl)c(F)c4)ccc3c2)CC1. The molecule has 0 unspecified atom stereocenters. The van der Waals surface area contributed by atoms with Crippen molar-refractivity contribution in [3.05, 3.63) is 70.8 Å². The summed E-state index contributed by atoms with van der Waals surface area (Å²) in [7, 11) is 0. The standard InChI is InChI=1S/C29H33ClF2/c1-2-3-4-5-20-6-8-21(9-7-20)10-11-22-12-15-25-23(18-22)13-16-26(29(25)32)24-14-17-27(30)28(31)19-24/h12-21H,2-11H2,1H3/t20-,21-. The lowest BCUT2D eigenvalue weighted by atomic mass is 9.77. The van der Waals surface area contributed by atoms with E-state index in [1.165, 1.54) is 75.5 Å². The van der Waals surface area contributed by atoms with Crippen molar-refractivity contribution in [3.63, 3.8) is 0 Å². The summed E-state index contributed by atoms with van der Waals surface area (Å²) < 4.78 is 29.0. The average Bonchev–Trinajstić information content (AvgIpc) is 2.81. The number of unbranched alkanes of at least 4 members (excludes halogenated alkanes) is 2. The third kappa shape index (κ3) is 5.52. The highest BCUT2D eigenvalue weighted by Crippen LogP contribution is 2.35. The van der Waals surface area contributed by atoms with Crippen LogP contribution in [0.2, 0.25) is 5.02 Å². The number of aryl methyl sites for hydroxylation is 1. The van der Waals surface area contributed by atoms with Crippen LogP contribution >= 0.6 is 11.6 Å². The van der Waals surface area contributed by atoms with Crippen molar-refractivity contribution in [1.29, 1.82) is 0 Å². The molecule has 0 atom stereocenters. The molecule has 1 aliphatic carbocycles. The average molecular weight is 455 g/mol. The topological polar surface area (TPSA) is 0 Å². The van der Waals surface area contributed by atoms with Crippen molar-refractivity contribution in [2.45, 2.75) is 71.1 Å². The third-order valence-corrected chi connectivity index (χ3v) is 7.58. The van der Waals surface area contributed by atoms with Crippen LogP contribution < -0.4 is 0 Å². The second-order valence-corrected chi connectivity index (χ2v) is 9.94. The number of hydrogen-bond acceptors (Lipinski definition) is 0. The van der Waals surface area contributed by atoms with Gasteiger partial charge in [0.05, 0.1) is 5.02 Å².